The highest BCUT2D eigenvalue weighted by molar-refractivity contribution is 5.69. The summed E-state index contributed by atoms with van der Waals surface area (Å²) in [5.74, 6) is 5.42. The zero-order valence-electron chi connectivity index (χ0n) is 17.1. The van der Waals surface area contributed by atoms with E-state index in [0.717, 1.165) is 23.4 Å². The van der Waals surface area contributed by atoms with Gasteiger partial charge in [0.05, 0.1) is 12.3 Å². The number of carboxylic acid groups (broad SMARTS) is 1. The summed E-state index contributed by atoms with van der Waals surface area (Å²) in [7, 11) is 0. The molecule has 0 spiro atoms. The first kappa shape index (κ1) is 21.0. The molecule has 4 nitrogen and oxygen atoms in total. The lowest BCUT2D eigenvalue weighted by Gasteiger charge is -2.26. The molecular formula is C25H29NO3. The van der Waals surface area contributed by atoms with E-state index in [1.54, 1.807) is 6.92 Å². The Morgan fingerprint density at radius 2 is 1.83 bits per heavy atom. The Morgan fingerprint density at radius 1 is 1.10 bits per heavy atom. The van der Waals surface area contributed by atoms with E-state index >= 15 is 0 Å². The Balaban J connectivity index is 1.57. The molecule has 1 aliphatic heterocycles. The first-order valence-corrected chi connectivity index (χ1v) is 10.3. The molecule has 0 saturated carbocycles. The zero-order valence-corrected chi connectivity index (χ0v) is 17.1. The smallest absolute Gasteiger partial charge is 0.304 e. The van der Waals surface area contributed by atoms with Gasteiger partial charge in [0.2, 0.25) is 0 Å². The molecule has 0 unspecified atom stereocenters. The second-order valence-electron chi connectivity index (χ2n) is 7.56. The highest BCUT2D eigenvalue weighted by Gasteiger charge is 2.13. The number of likely N-dealkylation sites (tertiary alicyclic amines) is 1. The lowest BCUT2D eigenvalue weighted by molar-refractivity contribution is -0.137. The Kier molecular flexibility index (Phi) is 7.72. The van der Waals surface area contributed by atoms with Crippen LogP contribution < -0.4 is 4.74 Å². The van der Waals surface area contributed by atoms with Crippen LogP contribution in [0.1, 0.15) is 55.2 Å². The van der Waals surface area contributed by atoms with Crippen molar-refractivity contribution in [3.05, 3.63) is 65.2 Å². The third-order valence-electron chi connectivity index (χ3n) is 5.23. The van der Waals surface area contributed by atoms with Crippen molar-refractivity contribution < 1.29 is 14.6 Å². The number of hydrogen-bond donors (Lipinski definition) is 1. The van der Waals surface area contributed by atoms with Crippen LogP contribution in [0.3, 0.4) is 0 Å². The minimum atomic E-state index is -0.845. The van der Waals surface area contributed by atoms with Crippen molar-refractivity contribution in [1.29, 1.82) is 0 Å². The number of rotatable bonds is 8. The van der Waals surface area contributed by atoms with Crippen LogP contribution in [0.15, 0.2) is 48.5 Å². The van der Waals surface area contributed by atoms with Crippen molar-refractivity contribution in [3.63, 3.8) is 0 Å². The lowest BCUT2D eigenvalue weighted by Crippen LogP contribution is -2.29. The van der Waals surface area contributed by atoms with Gasteiger partial charge in [-0.1, -0.05) is 48.7 Å². The normalized spacial score (nSPS) is 15.2. The van der Waals surface area contributed by atoms with Gasteiger partial charge in [0.1, 0.15) is 12.4 Å². The highest BCUT2D eigenvalue weighted by atomic mass is 16.5. The van der Waals surface area contributed by atoms with E-state index < -0.39 is 5.97 Å². The number of carbonyl (C=O) groups is 1. The Morgan fingerprint density at radius 3 is 2.52 bits per heavy atom. The zero-order chi connectivity index (χ0) is 20.5. The number of benzene rings is 2. The van der Waals surface area contributed by atoms with Gasteiger partial charge in [0.15, 0.2) is 0 Å². The summed E-state index contributed by atoms with van der Waals surface area (Å²) in [6, 6.07) is 16.2. The Bertz CT molecular complexity index is 858. The van der Waals surface area contributed by atoms with Gasteiger partial charge in [-0.25, -0.2) is 0 Å². The molecule has 3 rings (SSSR count). The number of ether oxygens (including phenoxy) is 1. The molecule has 29 heavy (non-hydrogen) atoms. The van der Waals surface area contributed by atoms with Crippen LogP contribution in [-0.4, -0.2) is 29.1 Å². The summed E-state index contributed by atoms with van der Waals surface area (Å²) in [5.41, 5.74) is 3.39. The summed E-state index contributed by atoms with van der Waals surface area (Å²) >= 11 is 0. The minimum Gasteiger partial charge on any atom is -0.489 e. The van der Waals surface area contributed by atoms with Gasteiger partial charge >= 0.3 is 5.97 Å². The van der Waals surface area contributed by atoms with Crippen LogP contribution in [-0.2, 0) is 17.9 Å². The molecular weight excluding hydrogens is 362 g/mol. The van der Waals surface area contributed by atoms with E-state index in [1.807, 2.05) is 24.3 Å². The predicted molar refractivity (Wildman–Crippen MR) is 115 cm³/mol. The van der Waals surface area contributed by atoms with Crippen molar-refractivity contribution in [2.24, 2.45) is 0 Å². The molecule has 0 bridgehead atoms. The molecule has 2 aromatic rings. The number of hydrogen-bond acceptors (Lipinski definition) is 3. The molecule has 1 fully saturated rings. The van der Waals surface area contributed by atoms with Crippen LogP contribution >= 0.6 is 0 Å². The van der Waals surface area contributed by atoms with Gasteiger partial charge in [-0.3, -0.25) is 9.69 Å². The SMILES string of the molecule is CC#C[C@@H](CC(=O)O)c1ccc(OCc2cccc(CN3CCCCC3)c2)cc1. The fraction of sp³-hybridized carbons (Fsp3) is 0.400. The van der Waals surface area contributed by atoms with E-state index in [2.05, 4.69) is 41.0 Å². The molecule has 152 valence electrons. The van der Waals surface area contributed by atoms with Gasteiger partial charge in [-0.15, -0.1) is 5.92 Å². The van der Waals surface area contributed by atoms with Crippen LogP contribution in [0.5, 0.6) is 5.75 Å². The molecule has 0 aliphatic carbocycles. The van der Waals surface area contributed by atoms with E-state index in [9.17, 15) is 4.79 Å². The maximum Gasteiger partial charge on any atom is 0.304 e. The monoisotopic (exact) mass is 391 g/mol. The van der Waals surface area contributed by atoms with E-state index in [-0.39, 0.29) is 12.3 Å². The van der Waals surface area contributed by atoms with Crippen molar-refractivity contribution >= 4 is 5.97 Å². The molecule has 1 aliphatic rings. The second-order valence-corrected chi connectivity index (χ2v) is 7.56. The minimum absolute atomic E-state index is 0.00482. The summed E-state index contributed by atoms with van der Waals surface area (Å²) in [6.07, 6.45) is 3.96. The number of aliphatic carboxylic acids is 1. The quantitative estimate of drug-likeness (QED) is 0.655. The van der Waals surface area contributed by atoms with Gasteiger partial charge in [0.25, 0.3) is 0 Å². The molecule has 1 N–H and O–H groups in total. The first-order chi connectivity index (χ1) is 14.1. The molecule has 0 aromatic heterocycles. The molecule has 1 saturated heterocycles. The average molecular weight is 392 g/mol. The van der Waals surface area contributed by atoms with Gasteiger partial charge in [-0.05, 0) is 61.7 Å². The van der Waals surface area contributed by atoms with E-state index in [1.165, 1.54) is 37.9 Å². The third-order valence-corrected chi connectivity index (χ3v) is 5.23. The molecule has 1 heterocycles. The van der Waals surface area contributed by atoms with E-state index in [4.69, 9.17) is 9.84 Å². The van der Waals surface area contributed by atoms with Gasteiger partial charge < -0.3 is 9.84 Å². The highest BCUT2D eigenvalue weighted by Crippen LogP contribution is 2.23. The van der Waals surface area contributed by atoms with Crippen molar-refractivity contribution in [2.45, 2.75) is 51.7 Å². The van der Waals surface area contributed by atoms with Crippen molar-refractivity contribution in [1.82, 2.24) is 4.90 Å². The summed E-state index contributed by atoms with van der Waals surface area (Å²) in [5, 5.41) is 9.07. The van der Waals surface area contributed by atoms with Crippen LogP contribution in [0.4, 0.5) is 0 Å². The molecule has 2 aromatic carbocycles. The number of carboxylic acids is 1. The maximum absolute atomic E-state index is 11.0. The Hall–Kier alpha value is -2.77. The standard InChI is InChI=1S/C25H29NO3/c1-2-7-23(17-25(27)28)22-10-12-24(13-11-22)29-19-21-9-6-8-20(16-21)18-26-14-4-3-5-15-26/h6,8-13,16,23H,3-5,14-15,17-19H2,1H3,(H,27,28)/t23-/m0/s1. The first-order valence-electron chi connectivity index (χ1n) is 10.3. The Labute approximate surface area is 173 Å². The second kappa shape index (κ2) is 10.7. The van der Waals surface area contributed by atoms with Crippen LogP contribution in [0, 0.1) is 11.8 Å². The van der Waals surface area contributed by atoms with Crippen molar-refractivity contribution in [3.8, 4) is 17.6 Å². The largest absolute Gasteiger partial charge is 0.489 e. The fourth-order valence-corrected chi connectivity index (χ4v) is 3.76. The molecule has 0 amide bonds. The third kappa shape index (κ3) is 6.66. The average Bonchev–Trinajstić information content (AvgIpc) is 2.73. The number of nitrogens with zero attached hydrogens (tertiary/aromatic N) is 1. The van der Waals surface area contributed by atoms with Gasteiger partial charge in [0, 0.05) is 6.54 Å². The van der Waals surface area contributed by atoms with E-state index in [0.29, 0.717) is 6.61 Å². The van der Waals surface area contributed by atoms with Crippen LogP contribution in [0.2, 0.25) is 0 Å². The lowest BCUT2D eigenvalue weighted by atomic mass is 9.96. The van der Waals surface area contributed by atoms with Crippen LogP contribution in [0.25, 0.3) is 0 Å². The van der Waals surface area contributed by atoms with Crippen molar-refractivity contribution in [2.75, 3.05) is 13.1 Å². The summed E-state index contributed by atoms with van der Waals surface area (Å²) in [4.78, 5) is 13.6. The van der Waals surface area contributed by atoms with Gasteiger partial charge in [-0.2, -0.15) is 0 Å². The number of piperidine rings is 1. The summed E-state index contributed by atoms with van der Waals surface area (Å²) in [6.45, 7) is 5.63. The topological polar surface area (TPSA) is 49.8 Å². The summed E-state index contributed by atoms with van der Waals surface area (Å²) < 4.78 is 5.95. The predicted octanol–water partition coefficient (Wildman–Crippen LogP) is 4.83. The molecule has 4 heteroatoms. The fourth-order valence-electron chi connectivity index (χ4n) is 3.76. The maximum atomic E-state index is 11.0. The molecule has 0 radical (unpaired) electrons. The molecule has 1 atom stereocenters.